The highest BCUT2D eigenvalue weighted by Gasteiger charge is 2.51. The van der Waals surface area contributed by atoms with Crippen molar-refractivity contribution in [2.75, 3.05) is 19.7 Å². The minimum atomic E-state index is -0.200. The number of nitrogens with zero attached hydrogens (tertiary/aromatic N) is 2. The van der Waals surface area contributed by atoms with Crippen LogP contribution in [-0.2, 0) is 9.59 Å². The lowest BCUT2D eigenvalue weighted by Crippen LogP contribution is -2.68. The molecule has 3 aliphatic rings. The minimum absolute atomic E-state index is 0.0190. The summed E-state index contributed by atoms with van der Waals surface area (Å²) in [5, 5.41) is 9.94. The maximum atomic E-state index is 13.0. The lowest BCUT2D eigenvalue weighted by Gasteiger charge is -2.56. The minimum Gasteiger partial charge on any atom is -0.394 e. The second kappa shape index (κ2) is 8.24. The van der Waals surface area contributed by atoms with Crippen LogP contribution in [0.5, 0.6) is 0 Å². The monoisotopic (exact) mass is 384 g/mol. The van der Waals surface area contributed by atoms with Crippen LogP contribution in [0.4, 0.5) is 0 Å². The molecule has 3 atom stereocenters. The average molecular weight is 385 g/mol. The Morgan fingerprint density at radius 1 is 1.04 bits per heavy atom. The van der Waals surface area contributed by atoms with Crippen LogP contribution in [0.1, 0.15) is 56.9 Å². The zero-order valence-electron chi connectivity index (χ0n) is 16.8. The summed E-state index contributed by atoms with van der Waals surface area (Å²) in [5.74, 6) is 1.48. The van der Waals surface area contributed by atoms with Gasteiger partial charge >= 0.3 is 0 Å². The Kier molecular flexibility index (Phi) is 5.72. The molecule has 2 amide bonds. The molecule has 28 heavy (non-hydrogen) atoms. The Morgan fingerprint density at radius 3 is 2.29 bits per heavy atom. The second-order valence-corrected chi connectivity index (χ2v) is 8.92. The van der Waals surface area contributed by atoms with Gasteiger partial charge in [-0.25, -0.2) is 0 Å². The molecule has 0 spiro atoms. The molecule has 1 aliphatic heterocycles. The van der Waals surface area contributed by atoms with E-state index in [1.54, 1.807) is 11.8 Å². The van der Waals surface area contributed by atoms with E-state index in [2.05, 4.69) is 12.1 Å². The van der Waals surface area contributed by atoms with Crippen LogP contribution in [-0.4, -0.2) is 58.5 Å². The van der Waals surface area contributed by atoms with Gasteiger partial charge in [-0.15, -0.1) is 0 Å². The fraction of sp³-hybridized carbons (Fsp3) is 0.652. The number of hydrogen-bond donors (Lipinski definition) is 1. The van der Waals surface area contributed by atoms with E-state index in [-0.39, 0.29) is 36.4 Å². The van der Waals surface area contributed by atoms with Crippen molar-refractivity contribution in [3.05, 3.63) is 35.9 Å². The van der Waals surface area contributed by atoms with Gasteiger partial charge in [-0.3, -0.25) is 9.59 Å². The number of hydrogen-bond acceptors (Lipinski definition) is 3. The van der Waals surface area contributed by atoms with Gasteiger partial charge < -0.3 is 14.9 Å². The molecule has 4 rings (SSSR count). The average Bonchev–Trinajstić information content (AvgIpc) is 3.43. The van der Waals surface area contributed by atoms with E-state index in [0.29, 0.717) is 24.8 Å². The topological polar surface area (TPSA) is 60.9 Å². The highest BCUT2D eigenvalue weighted by molar-refractivity contribution is 5.78. The lowest BCUT2D eigenvalue weighted by atomic mass is 9.74. The number of carbonyl (C=O) groups is 2. The summed E-state index contributed by atoms with van der Waals surface area (Å²) in [6.45, 7) is 2.92. The van der Waals surface area contributed by atoms with Crippen molar-refractivity contribution in [1.29, 1.82) is 0 Å². The second-order valence-electron chi connectivity index (χ2n) is 8.92. The van der Waals surface area contributed by atoms with Crippen molar-refractivity contribution < 1.29 is 14.7 Å². The number of benzene rings is 1. The molecule has 152 valence electrons. The van der Waals surface area contributed by atoms with E-state index >= 15 is 0 Å². The van der Waals surface area contributed by atoms with E-state index in [0.717, 1.165) is 12.1 Å². The molecule has 0 bridgehead atoms. The Bertz CT molecular complexity index is 699. The Labute approximate surface area is 167 Å². The Hall–Kier alpha value is -1.88. The summed E-state index contributed by atoms with van der Waals surface area (Å²) in [7, 11) is 0. The van der Waals surface area contributed by atoms with Gasteiger partial charge in [0.1, 0.15) is 0 Å². The molecular formula is C23H32N2O3. The first-order valence-corrected chi connectivity index (χ1v) is 10.8. The van der Waals surface area contributed by atoms with E-state index in [9.17, 15) is 14.7 Å². The molecule has 5 nitrogen and oxygen atoms in total. The molecule has 1 N–H and O–H groups in total. The van der Waals surface area contributed by atoms with Gasteiger partial charge in [0.15, 0.2) is 0 Å². The molecule has 5 heteroatoms. The van der Waals surface area contributed by atoms with Crippen molar-refractivity contribution in [1.82, 2.24) is 9.80 Å². The van der Waals surface area contributed by atoms with Crippen molar-refractivity contribution in [3.63, 3.8) is 0 Å². The van der Waals surface area contributed by atoms with Crippen LogP contribution in [0, 0.1) is 11.8 Å². The molecule has 1 aromatic rings. The third-order valence-electron chi connectivity index (χ3n) is 6.90. The zero-order chi connectivity index (χ0) is 19.7. The number of likely N-dealkylation sites (tertiary alicyclic amines) is 1. The van der Waals surface area contributed by atoms with E-state index in [1.807, 2.05) is 23.1 Å². The first kappa shape index (κ1) is 19.4. The molecule has 3 fully saturated rings. The highest BCUT2D eigenvalue weighted by atomic mass is 16.3. The SMILES string of the molecule is CC(=O)N1[C@H](CN(CC2CCC2)C(=O)CC2CC2)[C@@H](c2ccccc2)[C@@H]1CO. The number of aliphatic hydroxyl groups is 1. The smallest absolute Gasteiger partial charge is 0.222 e. The third-order valence-corrected chi connectivity index (χ3v) is 6.90. The van der Waals surface area contributed by atoms with Crippen molar-refractivity contribution in [2.24, 2.45) is 11.8 Å². The van der Waals surface area contributed by atoms with Crippen molar-refractivity contribution >= 4 is 11.8 Å². The number of aliphatic hydroxyl groups excluding tert-OH is 1. The molecule has 0 aromatic heterocycles. The van der Waals surface area contributed by atoms with Gasteiger partial charge in [0, 0.05) is 32.4 Å². The van der Waals surface area contributed by atoms with Crippen molar-refractivity contribution in [2.45, 2.75) is 63.5 Å². The fourth-order valence-electron chi connectivity index (χ4n) is 4.93. The molecule has 0 unspecified atom stereocenters. The Morgan fingerprint density at radius 2 is 1.75 bits per heavy atom. The summed E-state index contributed by atoms with van der Waals surface area (Å²) in [6, 6.07) is 9.87. The van der Waals surface area contributed by atoms with Crippen LogP contribution < -0.4 is 0 Å². The first-order chi connectivity index (χ1) is 13.6. The van der Waals surface area contributed by atoms with Gasteiger partial charge in [0.25, 0.3) is 0 Å². The molecule has 2 saturated carbocycles. The molecule has 1 saturated heterocycles. The predicted molar refractivity (Wildman–Crippen MR) is 108 cm³/mol. The molecule has 1 aromatic carbocycles. The summed E-state index contributed by atoms with van der Waals surface area (Å²) >= 11 is 0. The van der Waals surface area contributed by atoms with Crippen LogP contribution >= 0.6 is 0 Å². The highest BCUT2D eigenvalue weighted by Crippen LogP contribution is 2.42. The maximum absolute atomic E-state index is 13.0. The quantitative estimate of drug-likeness (QED) is 0.750. The normalized spacial score (nSPS) is 27.1. The molecule has 0 radical (unpaired) electrons. The summed E-state index contributed by atoms with van der Waals surface area (Å²) in [5.41, 5.74) is 1.14. The maximum Gasteiger partial charge on any atom is 0.222 e. The van der Waals surface area contributed by atoms with Gasteiger partial charge in [0.2, 0.25) is 11.8 Å². The van der Waals surface area contributed by atoms with Gasteiger partial charge in [-0.2, -0.15) is 0 Å². The summed E-state index contributed by atoms with van der Waals surface area (Å²) < 4.78 is 0. The molecular weight excluding hydrogens is 352 g/mol. The number of amides is 2. The summed E-state index contributed by atoms with van der Waals surface area (Å²) in [6.07, 6.45) is 6.66. The zero-order valence-corrected chi connectivity index (χ0v) is 16.8. The van der Waals surface area contributed by atoms with Crippen LogP contribution in [0.3, 0.4) is 0 Å². The van der Waals surface area contributed by atoms with E-state index in [4.69, 9.17) is 0 Å². The Balaban J connectivity index is 1.54. The standard InChI is InChI=1S/C23H32N2O3/c1-16(27)25-20(23(21(25)15-26)19-8-3-2-4-9-19)14-24(13-18-6-5-7-18)22(28)12-17-10-11-17/h2-4,8-9,17-18,20-21,23,26H,5-7,10-15H2,1H3/t20-,21+,23-/m1/s1. The van der Waals surface area contributed by atoms with Gasteiger partial charge in [0.05, 0.1) is 18.7 Å². The largest absolute Gasteiger partial charge is 0.394 e. The summed E-state index contributed by atoms with van der Waals surface area (Å²) in [4.78, 5) is 29.1. The van der Waals surface area contributed by atoms with Crippen LogP contribution in [0.25, 0.3) is 0 Å². The van der Waals surface area contributed by atoms with Crippen molar-refractivity contribution in [3.8, 4) is 0 Å². The fourth-order valence-corrected chi connectivity index (χ4v) is 4.93. The third kappa shape index (κ3) is 3.95. The predicted octanol–water partition coefficient (Wildman–Crippen LogP) is 2.79. The number of carbonyl (C=O) groups excluding carboxylic acids is 2. The van der Waals surface area contributed by atoms with Crippen LogP contribution in [0.15, 0.2) is 30.3 Å². The van der Waals surface area contributed by atoms with E-state index in [1.165, 1.54) is 32.1 Å². The molecule has 1 heterocycles. The number of rotatable bonds is 8. The van der Waals surface area contributed by atoms with E-state index < -0.39 is 0 Å². The molecule has 2 aliphatic carbocycles. The first-order valence-electron chi connectivity index (χ1n) is 10.8. The van der Waals surface area contributed by atoms with Crippen LogP contribution in [0.2, 0.25) is 0 Å². The van der Waals surface area contributed by atoms with Gasteiger partial charge in [-0.05, 0) is 43.1 Å². The van der Waals surface area contributed by atoms with Gasteiger partial charge in [-0.1, -0.05) is 36.8 Å². The lowest BCUT2D eigenvalue weighted by molar-refractivity contribution is -0.153.